The first-order valence-corrected chi connectivity index (χ1v) is 9.74. The highest BCUT2D eigenvalue weighted by Crippen LogP contribution is 2.32. The first-order chi connectivity index (χ1) is 13.1. The molecule has 1 aromatic carbocycles. The minimum absolute atomic E-state index is 0.0749. The van der Waals surface area contributed by atoms with Crippen LogP contribution >= 0.6 is 11.6 Å². The molecule has 2 heterocycles. The Hall–Kier alpha value is -2.34. The van der Waals surface area contributed by atoms with E-state index in [0.29, 0.717) is 29.4 Å². The zero-order valence-electron chi connectivity index (χ0n) is 15.0. The first kappa shape index (κ1) is 18.0. The van der Waals surface area contributed by atoms with Gasteiger partial charge in [-0.1, -0.05) is 11.6 Å². The number of nitrogens with zero attached hydrogens (tertiary/aromatic N) is 2. The van der Waals surface area contributed by atoms with Crippen molar-refractivity contribution in [3.63, 3.8) is 0 Å². The van der Waals surface area contributed by atoms with Crippen LogP contribution in [0, 0.1) is 5.92 Å². The van der Waals surface area contributed by atoms with Gasteiger partial charge in [-0.2, -0.15) is 0 Å². The van der Waals surface area contributed by atoms with E-state index in [2.05, 4.69) is 10.3 Å². The molecular weight excluding hydrogens is 366 g/mol. The standard InChI is InChI=1S/C20H22ClN3O3/c21-16-5-6-17(19-15(16)2-1-9-22-19)27-12-18(25)23-14-7-10-24(11-8-14)20(26)13-3-4-13/h1-2,5-6,9,13-14H,3-4,7-8,10-12H2,(H,23,25). The van der Waals surface area contributed by atoms with E-state index >= 15 is 0 Å². The third-order valence-corrected chi connectivity index (χ3v) is 5.47. The second-order valence-corrected chi connectivity index (χ2v) is 7.58. The van der Waals surface area contributed by atoms with Crippen LogP contribution in [-0.4, -0.2) is 47.4 Å². The molecule has 4 rings (SSSR count). The van der Waals surface area contributed by atoms with Crippen LogP contribution in [0.3, 0.4) is 0 Å². The summed E-state index contributed by atoms with van der Waals surface area (Å²) in [6.45, 7) is 1.36. The number of pyridine rings is 1. The van der Waals surface area contributed by atoms with Crippen molar-refractivity contribution in [2.75, 3.05) is 19.7 Å². The lowest BCUT2D eigenvalue weighted by molar-refractivity contribution is -0.133. The van der Waals surface area contributed by atoms with Gasteiger partial charge in [-0.05, 0) is 49.9 Å². The van der Waals surface area contributed by atoms with Crippen LogP contribution in [0.25, 0.3) is 10.9 Å². The zero-order chi connectivity index (χ0) is 18.8. The predicted molar refractivity (Wildman–Crippen MR) is 103 cm³/mol. The number of rotatable bonds is 5. The van der Waals surface area contributed by atoms with Crippen molar-refractivity contribution >= 4 is 34.3 Å². The van der Waals surface area contributed by atoms with Crippen LogP contribution in [0.2, 0.25) is 5.02 Å². The molecule has 0 atom stereocenters. The highest BCUT2D eigenvalue weighted by Gasteiger charge is 2.35. The Labute approximate surface area is 162 Å². The van der Waals surface area contributed by atoms with Gasteiger partial charge in [0.2, 0.25) is 5.91 Å². The fourth-order valence-corrected chi connectivity index (χ4v) is 3.69. The molecule has 1 saturated heterocycles. The molecule has 1 aromatic heterocycles. The van der Waals surface area contributed by atoms with Gasteiger partial charge in [0.15, 0.2) is 6.61 Å². The highest BCUT2D eigenvalue weighted by atomic mass is 35.5. The first-order valence-electron chi connectivity index (χ1n) is 9.36. The van der Waals surface area contributed by atoms with E-state index in [0.717, 1.165) is 31.1 Å². The third kappa shape index (κ3) is 4.16. The van der Waals surface area contributed by atoms with E-state index in [4.69, 9.17) is 16.3 Å². The number of nitrogens with one attached hydrogen (secondary N) is 1. The van der Waals surface area contributed by atoms with Gasteiger partial charge >= 0.3 is 0 Å². The Morgan fingerprint density at radius 1 is 1.19 bits per heavy atom. The molecule has 1 aliphatic carbocycles. The van der Waals surface area contributed by atoms with E-state index in [1.165, 1.54) is 0 Å². The van der Waals surface area contributed by atoms with Crippen molar-refractivity contribution in [3.05, 3.63) is 35.5 Å². The minimum atomic E-state index is -0.166. The quantitative estimate of drug-likeness (QED) is 0.856. The van der Waals surface area contributed by atoms with Crippen molar-refractivity contribution in [3.8, 4) is 5.75 Å². The number of carbonyl (C=O) groups excluding carboxylic acids is 2. The molecule has 2 aromatic rings. The number of hydrogen-bond acceptors (Lipinski definition) is 4. The topological polar surface area (TPSA) is 71.5 Å². The fourth-order valence-electron chi connectivity index (χ4n) is 3.47. The Kier molecular flexibility index (Phi) is 5.16. The van der Waals surface area contributed by atoms with Gasteiger partial charge in [0.1, 0.15) is 11.3 Å². The lowest BCUT2D eigenvalue weighted by Gasteiger charge is -2.32. The van der Waals surface area contributed by atoms with Crippen molar-refractivity contribution < 1.29 is 14.3 Å². The van der Waals surface area contributed by atoms with Crippen LogP contribution in [0.1, 0.15) is 25.7 Å². The maximum absolute atomic E-state index is 12.3. The molecule has 0 unspecified atom stereocenters. The zero-order valence-corrected chi connectivity index (χ0v) is 15.7. The molecular formula is C20H22ClN3O3. The Morgan fingerprint density at radius 2 is 1.96 bits per heavy atom. The number of ether oxygens (including phenoxy) is 1. The number of fused-ring (bicyclic) bond motifs is 1. The number of benzene rings is 1. The van der Waals surface area contributed by atoms with Crippen molar-refractivity contribution in [1.82, 2.24) is 15.2 Å². The van der Waals surface area contributed by atoms with Crippen LogP contribution in [-0.2, 0) is 9.59 Å². The minimum Gasteiger partial charge on any atom is -0.481 e. The summed E-state index contributed by atoms with van der Waals surface area (Å²) < 4.78 is 5.68. The lowest BCUT2D eigenvalue weighted by atomic mass is 10.0. The molecule has 1 aliphatic heterocycles. The lowest BCUT2D eigenvalue weighted by Crippen LogP contribution is -2.47. The number of piperidine rings is 1. The molecule has 1 saturated carbocycles. The molecule has 7 heteroatoms. The van der Waals surface area contributed by atoms with Gasteiger partial charge in [0, 0.05) is 36.6 Å². The average molecular weight is 388 g/mol. The summed E-state index contributed by atoms with van der Waals surface area (Å²) in [6.07, 6.45) is 5.30. The molecule has 6 nitrogen and oxygen atoms in total. The summed E-state index contributed by atoms with van der Waals surface area (Å²) in [7, 11) is 0. The van der Waals surface area contributed by atoms with Gasteiger partial charge in [-0.3, -0.25) is 14.6 Å². The fraction of sp³-hybridized carbons (Fsp3) is 0.450. The Bertz CT molecular complexity index is 861. The number of amides is 2. The predicted octanol–water partition coefficient (Wildman–Crippen LogP) is 2.78. The summed E-state index contributed by atoms with van der Waals surface area (Å²) in [5.41, 5.74) is 0.643. The van der Waals surface area contributed by atoms with E-state index in [-0.39, 0.29) is 30.4 Å². The van der Waals surface area contributed by atoms with Crippen LogP contribution < -0.4 is 10.1 Å². The highest BCUT2D eigenvalue weighted by molar-refractivity contribution is 6.35. The number of halogens is 1. The SMILES string of the molecule is O=C(COc1ccc(Cl)c2cccnc12)NC1CCN(C(=O)C2CC2)CC1. The molecule has 0 bridgehead atoms. The summed E-state index contributed by atoms with van der Waals surface area (Å²) in [6, 6.07) is 7.24. The number of carbonyl (C=O) groups is 2. The molecule has 2 fully saturated rings. The second-order valence-electron chi connectivity index (χ2n) is 7.18. The van der Waals surface area contributed by atoms with Crippen LogP contribution in [0.4, 0.5) is 0 Å². The summed E-state index contributed by atoms with van der Waals surface area (Å²) >= 11 is 6.18. The van der Waals surface area contributed by atoms with E-state index in [1.807, 2.05) is 17.0 Å². The van der Waals surface area contributed by atoms with Gasteiger partial charge < -0.3 is 15.0 Å². The summed E-state index contributed by atoms with van der Waals surface area (Å²) in [5.74, 6) is 0.911. The smallest absolute Gasteiger partial charge is 0.258 e. The van der Waals surface area contributed by atoms with Gasteiger partial charge in [-0.15, -0.1) is 0 Å². The van der Waals surface area contributed by atoms with Crippen LogP contribution in [0.5, 0.6) is 5.75 Å². The van der Waals surface area contributed by atoms with Crippen LogP contribution in [0.15, 0.2) is 30.5 Å². The van der Waals surface area contributed by atoms with Crippen molar-refractivity contribution in [2.24, 2.45) is 5.92 Å². The van der Waals surface area contributed by atoms with Gasteiger partial charge in [0.05, 0.1) is 5.02 Å². The van der Waals surface area contributed by atoms with E-state index in [9.17, 15) is 9.59 Å². The molecule has 2 amide bonds. The maximum atomic E-state index is 12.3. The molecule has 27 heavy (non-hydrogen) atoms. The number of aromatic nitrogens is 1. The Balaban J connectivity index is 1.28. The summed E-state index contributed by atoms with van der Waals surface area (Å²) in [5, 5.41) is 4.40. The van der Waals surface area contributed by atoms with Gasteiger partial charge in [-0.25, -0.2) is 0 Å². The summed E-state index contributed by atoms with van der Waals surface area (Å²) in [4.78, 5) is 30.6. The largest absolute Gasteiger partial charge is 0.481 e. The van der Waals surface area contributed by atoms with E-state index in [1.54, 1.807) is 18.3 Å². The number of hydrogen-bond donors (Lipinski definition) is 1. The maximum Gasteiger partial charge on any atom is 0.258 e. The third-order valence-electron chi connectivity index (χ3n) is 5.14. The molecule has 142 valence electrons. The van der Waals surface area contributed by atoms with E-state index < -0.39 is 0 Å². The van der Waals surface area contributed by atoms with Crippen molar-refractivity contribution in [2.45, 2.75) is 31.7 Å². The second kappa shape index (κ2) is 7.72. The molecule has 0 radical (unpaired) electrons. The normalized spacial score (nSPS) is 17.7. The average Bonchev–Trinajstić information content (AvgIpc) is 3.53. The molecule has 2 aliphatic rings. The molecule has 0 spiro atoms. The molecule has 1 N–H and O–H groups in total. The van der Waals surface area contributed by atoms with Gasteiger partial charge in [0.25, 0.3) is 5.91 Å². The monoisotopic (exact) mass is 387 g/mol. The Morgan fingerprint density at radius 3 is 2.70 bits per heavy atom. The number of likely N-dealkylation sites (tertiary alicyclic amines) is 1. The van der Waals surface area contributed by atoms with Crippen molar-refractivity contribution in [1.29, 1.82) is 0 Å².